The number of ether oxygens (including phenoxy) is 3. The first-order chi connectivity index (χ1) is 14.0. The third-order valence-electron chi connectivity index (χ3n) is 6.02. The number of nitrogens with zero attached hydrogens (tertiary/aromatic N) is 1. The Labute approximate surface area is 175 Å². The summed E-state index contributed by atoms with van der Waals surface area (Å²) in [7, 11) is 0. The van der Waals surface area contributed by atoms with Crippen LogP contribution in [0.5, 0.6) is 11.5 Å². The van der Waals surface area contributed by atoms with Gasteiger partial charge in [0.15, 0.2) is 17.5 Å². The lowest BCUT2D eigenvalue weighted by atomic mass is 9.57. The fraction of sp³-hybridized carbons (Fsp3) is 0.696. The van der Waals surface area contributed by atoms with Crippen LogP contribution >= 0.6 is 0 Å². The van der Waals surface area contributed by atoms with Crippen LogP contribution in [0.4, 0.5) is 0 Å². The van der Waals surface area contributed by atoms with Crippen molar-refractivity contribution in [1.82, 2.24) is 10.6 Å². The molecule has 6 nitrogen and oxygen atoms in total. The van der Waals surface area contributed by atoms with Crippen molar-refractivity contribution in [3.05, 3.63) is 23.8 Å². The predicted molar refractivity (Wildman–Crippen MR) is 117 cm³/mol. The maximum absolute atomic E-state index is 5.91. The molecular formula is C23H37N3O3. The van der Waals surface area contributed by atoms with Crippen molar-refractivity contribution >= 4 is 5.96 Å². The lowest BCUT2D eigenvalue weighted by Gasteiger charge is -2.54. The average Bonchev–Trinajstić information content (AvgIpc) is 3.15. The van der Waals surface area contributed by atoms with Crippen LogP contribution < -0.4 is 20.1 Å². The van der Waals surface area contributed by atoms with Gasteiger partial charge in [-0.15, -0.1) is 0 Å². The summed E-state index contributed by atoms with van der Waals surface area (Å²) in [4.78, 5) is 4.83. The second kappa shape index (κ2) is 9.70. The van der Waals surface area contributed by atoms with Gasteiger partial charge in [-0.1, -0.05) is 19.9 Å². The minimum absolute atomic E-state index is 0.138. The van der Waals surface area contributed by atoms with Gasteiger partial charge in [0.05, 0.1) is 19.3 Å². The quantitative estimate of drug-likeness (QED) is 0.489. The van der Waals surface area contributed by atoms with Crippen molar-refractivity contribution < 1.29 is 14.2 Å². The molecule has 0 aromatic heterocycles. The number of fused-ring (bicyclic) bond motifs is 1. The Kier molecular flexibility index (Phi) is 7.28. The molecule has 1 aromatic carbocycles. The first kappa shape index (κ1) is 21.8. The van der Waals surface area contributed by atoms with E-state index >= 15 is 0 Å². The number of nitrogens with one attached hydrogen (secondary N) is 2. The third-order valence-corrected chi connectivity index (χ3v) is 6.02. The Bertz CT molecular complexity index is 705. The molecule has 0 amide bonds. The van der Waals surface area contributed by atoms with Crippen molar-refractivity contribution in [3.8, 4) is 11.5 Å². The largest absolute Gasteiger partial charge is 0.490 e. The van der Waals surface area contributed by atoms with Crippen molar-refractivity contribution in [2.45, 2.75) is 59.6 Å². The Morgan fingerprint density at radius 3 is 2.66 bits per heavy atom. The van der Waals surface area contributed by atoms with Crippen LogP contribution in [-0.4, -0.2) is 51.0 Å². The summed E-state index contributed by atoms with van der Waals surface area (Å²) in [6, 6.07) is 6.56. The molecule has 3 unspecified atom stereocenters. The van der Waals surface area contributed by atoms with E-state index in [0.717, 1.165) is 43.5 Å². The van der Waals surface area contributed by atoms with Crippen LogP contribution in [0.3, 0.4) is 0 Å². The number of aliphatic imine (C=N–C) groups is 1. The van der Waals surface area contributed by atoms with E-state index in [1.165, 1.54) is 5.56 Å². The normalized spacial score (nSPS) is 25.1. The summed E-state index contributed by atoms with van der Waals surface area (Å²) in [6.45, 7) is 14.3. The van der Waals surface area contributed by atoms with Crippen molar-refractivity contribution in [1.29, 1.82) is 0 Å². The van der Waals surface area contributed by atoms with E-state index in [-0.39, 0.29) is 5.41 Å². The molecule has 0 spiro atoms. The SMILES string of the molecule is CCNC(=NCCc1ccc(OCC)c(OCC)c1)NC1C2CCOC2C1(C)C. The molecule has 1 heterocycles. The molecular weight excluding hydrogens is 366 g/mol. The van der Waals surface area contributed by atoms with E-state index in [1.807, 2.05) is 19.9 Å². The fourth-order valence-electron chi connectivity index (χ4n) is 4.63. The van der Waals surface area contributed by atoms with Crippen molar-refractivity contribution in [2.75, 3.05) is 32.9 Å². The van der Waals surface area contributed by atoms with Crippen LogP contribution in [0.25, 0.3) is 0 Å². The van der Waals surface area contributed by atoms with Gasteiger partial charge in [-0.2, -0.15) is 0 Å². The van der Waals surface area contributed by atoms with E-state index in [9.17, 15) is 0 Å². The van der Waals surface area contributed by atoms with Crippen molar-refractivity contribution in [3.63, 3.8) is 0 Å². The molecule has 1 aromatic rings. The van der Waals surface area contributed by atoms with Gasteiger partial charge in [0.2, 0.25) is 0 Å². The molecule has 162 valence electrons. The Hall–Kier alpha value is -1.95. The molecule has 2 aliphatic rings. The van der Waals surface area contributed by atoms with E-state index in [4.69, 9.17) is 19.2 Å². The molecule has 2 fully saturated rings. The van der Waals surface area contributed by atoms with Gasteiger partial charge in [0.1, 0.15) is 0 Å². The van der Waals surface area contributed by atoms with Gasteiger partial charge in [0.25, 0.3) is 0 Å². The minimum atomic E-state index is 0.138. The molecule has 0 radical (unpaired) electrons. The standard InChI is InChI=1S/C23H37N3O3/c1-6-24-22(26-20-17-12-14-29-21(17)23(20,4)5)25-13-11-16-9-10-18(27-7-2)19(15-16)28-8-3/h9-10,15,17,20-21H,6-8,11-14H2,1-5H3,(H2,24,25,26). The van der Waals surface area contributed by atoms with Gasteiger partial charge in [0, 0.05) is 37.1 Å². The van der Waals surface area contributed by atoms with E-state index in [0.29, 0.717) is 37.8 Å². The van der Waals surface area contributed by atoms with Gasteiger partial charge in [-0.25, -0.2) is 0 Å². The fourth-order valence-corrected chi connectivity index (χ4v) is 4.63. The zero-order valence-electron chi connectivity index (χ0n) is 18.6. The van der Waals surface area contributed by atoms with Gasteiger partial charge in [-0.3, -0.25) is 4.99 Å². The van der Waals surface area contributed by atoms with Crippen LogP contribution in [0.2, 0.25) is 0 Å². The maximum atomic E-state index is 5.91. The number of guanidine groups is 1. The van der Waals surface area contributed by atoms with Gasteiger partial charge < -0.3 is 24.8 Å². The molecule has 29 heavy (non-hydrogen) atoms. The summed E-state index contributed by atoms with van der Waals surface area (Å²) >= 11 is 0. The highest BCUT2D eigenvalue weighted by Gasteiger charge is 2.59. The molecule has 3 rings (SSSR count). The minimum Gasteiger partial charge on any atom is -0.490 e. The molecule has 1 aliphatic carbocycles. The van der Waals surface area contributed by atoms with Gasteiger partial charge >= 0.3 is 0 Å². The highest BCUT2D eigenvalue weighted by Crippen LogP contribution is 2.52. The highest BCUT2D eigenvalue weighted by molar-refractivity contribution is 5.80. The number of benzene rings is 1. The maximum Gasteiger partial charge on any atom is 0.191 e. The molecule has 0 bridgehead atoms. The molecule has 3 atom stereocenters. The van der Waals surface area contributed by atoms with E-state index < -0.39 is 0 Å². The predicted octanol–water partition coefficient (Wildman–Crippen LogP) is 3.40. The van der Waals surface area contributed by atoms with E-state index in [1.54, 1.807) is 0 Å². The second-order valence-corrected chi connectivity index (χ2v) is 8.35. The first-order valence-corrected chi connectivity index (χ1v) is 11.1. The lowest BCUT2D eigenvalue weighted by molar-refractivity contribution is -0.106. The zero-order valence-corrected chi connectivity index (χ0v) is 18.6. The van der Waals surface area contributed by atoms with E-state index in [2.05, 4.69) is 43.5 Å². The van der Waals surface area contributed by atoms with Crippen LogP contribution in [0.15, 0.2) is 23.2 Å². The number of rotatable bonds is 9. The molecule has 1 aliphatic heterocycles. The Morgan fingerprint density at radius 1 is 1.17 bits per heavy atom. The smallest absolute Gasteiger partial charge is 0.191 e. The summed E-state index contributed by atoms with van der Waals surface area (Å²) in [5.74, 6) is 3.10. The summed E-state index contributed by atoms with van der Waals surface area (Å²) in [5.41, 5.74) is 1.34. The zero-order chi connectivity index (χ0) is 20.9. The first-order valence-electron chi connectivity index (χ1n) is 11.1. The molecule has 2 N–H and O–H groups in total. The third kappa shape index (κ3) is 4.80. The molecule has 1 saturated heterocycles. The molecule has 1 saturated carbocycles. The number of hydrogen-bond donors (Lipinski definition) is 2. The Morgan fingerprint density at radius 2 is 1.93 bits per heavy atom. The topological polar surface area (TPSA) is 64.1 Å². The van der Waals surface area contributed by atoms with Crippen LogP contribution in [0, 0.1) is 11.3 Å². The summed E-state index contributed by atoms with van der Waals surface area (Å²) in [5, 5.41) is 7.07. The summed E-state index contributed by atoms with van der Waals surface area (Å²) < 4.78 is 17.3. The van der Waals surface area contributed by atoms with Crippen molar-refractivity contribution in [2.24, 2.45) is 16.3 Å². The highest BCUT2D eigenvalue weighted by atomic mass is 16.5. The monoisotopic (exact) mass is 403 g/mol. The number of hydrogen-bond acceptors (Lipinski definition) is 4. The average molecular weight is 404 g/mol. The lowest BCUT2D eigenvalue weighted by Crippen LogP contribution is -2.68. The summed E-state index contributed by atoms with van der Waals surface area (Å²) in [6.07, 6.45) is 2.37. The van der Waals surface area contributed by atoms with Gasteiger partial charge in [-0.05, 0) is 51.3 Å². The Balaban J connectivity index is 1.61. The van der Waals surface area contributed by atoms with Crippen LogP contribution in [0.1, 0.15) is 46.6 Å². The second-order valence-electron chi connectivity index (χ2n) is 8.35. The molecule has 6 heteroatoms. The van der Waals surface area contributed by atoms with Crippen LogP contribution in [-0.2, 0) is 11.2 Å².